The Bertz CT molecular complexity index is 2610. The van der Waals surface area contributed by atoms with Crippen LogP contribution in [0.2, 0.25) is 0 Å². The third-order valence-electron chi connectivity index (χ3n) is 13.8. The monoisotopic (exact) mass is 1010 g/mol. The second kappa shape index (κ2) is 26.2. The third-order valence-corrected chi connectivity index (χ3v) is 13.8. The van der Waals surface area contributed by atoms with Gasteiger partial charge in [0.15, 0.2) is 5.43 Å². The van der Waals surface area contributed by atoms with Crippen molar-refractivity contribution >= 4 is 45.9 Å². The highest BCUT2D eigenvalue weighted by atomic mass is 19.1. The number of halogens is 1. The fourth-order valence-corrected chi connectivity index (χ4v) is 9.74. The Morgan fingerprint density at radius 2 is 1.48 bits per heavy atom. The van der Waals surface area contributed by atoms with Gasteiger partial charge in [-0.2, -0.15) is 0 Å². The van der Waals surface area contributed by atoms with Gasteiger partial charge >= 0.3 is 0 Å². The second-order valence-electron chi connectivity index (χ2n) is 19.4. The lowest BCUT2D eigenvalue weighted by atomic mass is 10.0. The van der Waals surface area contributed by atoms with E-state index in [1.165, 1.54) is 18.2 Å². The maximum Gasteiger partial charge on any atom is 0.253 e. The van der Waals surface area contributed by atoms with Crippen LogP contribution in [0.3, 0.4) is 0 Å². The van der Waals surface area contributed by atoms with E-state index in [1.54, 1.807) is 0 Å². The number of carbonyl (C=O) groups excluding carboxylic acids is 4. The molecule has 3 aromatic heterocycles. The minimum absolute atomic E-state index is 0.0307. The molecule has 392 valence electrons. The first-order valence-electron chi connectivity index (χ1n) is 25.8. The van der Waals surface area contributed by atoms with E-state index in [0.717, 1.165) is 78.2 Å². The first-order valence-corrected chi connectivity index (χ1v) is 25.8. The molecule has 19 heteroatoms. The molecule has 73 heavy (non-hydrogen) atoms. The molecule has 1 saturated carbocycles. The number of pyridine rings is 3. The smallest absolute Gasteiger partial charge is 0.253 e. The highest BCUT2D eigenvalue weighted by molar-refractivity contribution is 6.13. The first-order chi connectivity index (χ1) is 35.5. The number of hydrogen-bond acceptors (Lipinski definition) is 14. The number of nitrogens with zero attached hydrogens (tertiary/aromatic N) is 7. The predicted octanol–water partition coefficient (Wildman–Crippen LogP) is 4.38. The summed E-state index contributed by atoms with van der Waals surface area (Å²) in [7, 11) is 0. The summed E-state index contributed by atoms with van der Waals surface area (Å²) < 4.78 is 40.6. The summed E-state index contributed by atoms with van der Waals surface area (Å²) in [6, 6.07) is 12.1. The molecule has 2 saturated heterocycles. The van der Waals surface area contributed by atoms with E-state index in [0.29, 0.717) is 102 Å². The van der Waals surface area contributed by atoms with Gasteiger partial charge in [0.25, 0.3) is 11.8 Å². The molecule has 2 N–H and O–H groups in total. The van der Waals surface area contributed by atoms with Crippen LogP contribution in [0.5, 0.6) is 0 Å². The number of aromatic nitrogens is 3. The Kier molecular flexibility index (Phi) is 19.1. The Morgan fingerprint density at radius 3 is 2.19 bits per heavy atom. The molecule has 0 unspecified atom stereocenters. The molecule has 4 amide bonds. The molecular weight excluding hydrogens is 938 g/mol. The number of hydrogen-bond donors (Lipinski definition) is 2. The molecule has 0 spiro atoms. The van der Waals surface area contributed by atoms with Crippen molar-refractivity contribution < 1.29 is 42.5 Å². The van der Waals surface area contributed by atoms with Crippen molar-refractivity contribution in [1.82, 2.24) is 35.0 Å². The molecule has 6 heterocycles. The summed E-state index contributed by atoms with van der Waals surface area (Å²) in [6.07, 6.45) is 13.3. The molecule has 18 nitrogen and oxygen atoms in total. The lowest BCUT2D eigenvalue weighted by Gasteiger charge is -2.40. The van der Waals surface area contributed by atoms with Crippen molar-refractivity contribution in [3.63, 3.8) is 0 Å². The van der Waals surface area contributed by atoms with Crippen LogP contribution in [-0.4, -0.2) is 153 Å². The van der Waals surface area contributed by atoms with Crippen molar-refractivity contribution in [2.75, 3.05) is 108 Å². The maximum atomic E-state index is 16.3. The summed E-state index contributed by atoms with van der Waals surface area (Å²) in [5.41, 5.74) is 5.97. The highest BCUT2D eigenvalue weighted by Crippen LogP contribution is 2.39. The van der Waals surface area contributed by atoms with Crippen molar-refractivity contribution in [1.29, 1.82) is 0 Å². The normalized spacial score (nSPS) is 17.9. The number of amides is 4. The minimum Gasteiger partial charge on any atom is -0.379 e. The van der Waals surface area contributed by atoms with Gasteiger partial charge in [0, 0.05) is 131 Å². The molecule has 4 aliphatic rings. The van der Waals surface area contributed by atoms with Crippen LogP contribution in [0.25, 0.3) is 10.9 Å². The standard InChI is InChI=1S/C54H70FN9O9/c1-38-5-6-44(32-58-38)60-17-3-4-45(37-60)62(33-40-11-15-56-39(2)28-40)35-42-36-64(43-7-8-43)48-30-49(47(55)29-46(48)54(42)69)61-18-12-41(34-61)31-59-51(66)14-20-70-22-24-72-26-27-73-25-23-71-21-16-57-50(65)13-19-63-52(67)9-10-53(63)68/h5-6,9-11,15,28-30,32,36,41,43,45H,3-4,7-8,12-14,16-27,31,33-35,37H2,1-2H3,(H,57,65)(H,59,66)/t41-,45+/m1/s1. The first kappa shape index (κ1) is 53.2. The number of rotatable bonds is 28. The summed E-state index contributed by atoms with van der Waals surface area (Å²) in [4.78, 5) is 79.1. The van der Waals surface area contributed by atoms with Gasteiger partial charge in [-0.05, 0) is 93.8 Å². The molecule has 3 fully saturated rings. The molecule has 1 aromatic carbocycles. The molecule has 4 aromatic rings. The molecular formula is C54H70FN9O9. The number of imide groups is 1. The van der Waals surface area contributed by atoms with Gasteiger partial charge < -0.3 is 43.9 Å². The molecule has 2 atom stereocenters. The average Bonchev–Trinajstić information content (AvgIpc) is 4.04. The quantitative estimate of drug-likeness (QED) is 0.0603. The molecule has 8 rings (SSSR count). The molecule has 0 bridgehead atoms. The van der Waals surface area contributed by atoms with Crippen LogP contribution in [0, 0.1) is 25.6 Å². The number of fused-ring (bicyclic) bond motifs is 1. The van der Waals surface area contributed by atoms with E-state index >= 15 is 4.39 Å². The number of carbonyl (C=O) groups is 4. The average molecular weight is 1010 g/mol. The summed E-state index contributed by atoms with van der Waals surface area (Å²) >= 11 is 0. The number of aryl methyl sites for hydroxylation is 2. The van der Waals surface area contributed by atoms with Gasteiger partial charge in [-0.15, -0.1) is 0 Å². The second-order valence-corrected chi connectivity index (χ2v) is 19.4. The highest BCUT2D eigenvalue weighted by Gasteiger charge is 2.32. The van der Waals surface area contributed by atoms with E-state index in [4.69, 9.17) is 18.9 Å². The maximum absolute atomic E-state index is 16.3. The van der Waals surface area contributed by atoms with Gasteiger partial charge in [-0.1, -0.05) is 0 Å². The van der Waals surface area contributed by atoms with Gasteiger partial charge in [-0.3, -0.25) is 43.7 Å². The van der Waals surface area contributed by atoms with Crippen LogP contribution >= 0.6 is 0 Å². The largest absolute Gasteiger partial charge is 0.379 e. The van der Waals surface area contributed by atoms with Crippen LogP contribution in [0.4, 0.5) is 15.8 Å². The number of nitrogens with one attached hydrogen (secondary N) is 2. The van der Waals surface area contributed by atoms with Crippen molar-refractivity contribution in [2.45, 2.75) is 84.0 Å². The Balaban J connectivity index is 0.738. The number of ether oxygens (including phenoxy) is 4. The minimum atomic E-state index is -0.410. The van der Waals surface area contributed by atoms with E-state index < -0.39 is 17.6 Å². The number of anilines is 2. The van der Waals surface area contributed by atoms with E-state index in [9.17, 15) is 24.0 Å². The van der Waals surface area contributed by atoms with E-state index in [2.05, 4.69) is 53.2 Å². The van der Waals surface area contributed by atoms with Crippen LogP contribution < -0.4 is 25.9 Å². The summed E-state index contributed by atoms with van der Waals surface area (Å²) in [5, 5.41) is 6.12. The SMILES string of the molecule is Cc1ccc(N2CCC[C@H](N(Cc3ccnc(C)c3)Cc3cn(C4CC4)c4cc(N5CC[C@H](CNC(=O)CCOCCOCCOCCOCCNC(=O)CCN6C(=O)C=CC6=O)C5)c(F)cc4c3=O)C2)cn1. The van der Waals surface area contributed by atoms with Gasteiger partial charge in [0.05, 0.1) is 75.9 Å². The van der Waals surface area contributed by atoms with Gasteiger partial charge in [-0.25, -0.2) is 4.39 Å². The van der Waals surface area contributed by atoms with E-state index in [1.807, 2.05) is 49.5 Å². The Morgan fingerprint density at radius 1 is 0.753 bits per heavy atom. The fraction of sp³-hybridized carbons (Fsp3) is 0.537. The Labute approximate surface area is 426 Å². The number of piperidine rings is 1. The fourth-order valence-electron chi connectivity index (χ4n) is 9.74. The van der Waals surface area contributed by atoms with Crippen LogP contribution in [-0.2, 0) is 51.2 Å². The van der Waals surface area contributed by atoms with Crippen molar-refractivity contribution in [3.05, 3.63) is 106 Å². The van der Waals surface area contributed by atoms with Crippen molar-refractivity contribution in [3.8, 4) is 0 Å². The van der Waals surface area contributed by atoms with Gasteiger partial charge in [0.1, 0.15) is 5.82 Å². The Hall–Kier alpha value is -6.12. The zero-order valence-electron chi connectivity index (χ0n) is 42.2. The summed E-state index contributed by atoms with van der Waals surface area (Å²) in [5.74, 6) is -1.46. The van der Waals surface area contributed by atoms with Gasteiger partial charge in [0.2, 0.25) is 11.8 Å². The summed E-state index contributed by atoms with van der Waals surface area (Å²) in [6.45, 7) is 11.6. The lowest BCUT2D eigenvalue weighted by Crippen LogP contribution is -2.48. The van der Waals surface area contributed by atoms with Crippen LogP contribution in [0.1, 0.15) is 73.5 Å². The zero-order chi connectivity index (χ0) is 51.1. The topological polar surface area (TPSA) is 190 Å². The molecule has 3 aliphatic heterocycles. The molecule has 1 aliphatic carbocycles. The van der Waals surface area contributed by atoms with Crippen molar-refractivity contribution in [2.24, 2.45) is 5.92 Å². The van der Waals surface area contributed by atoms with E-state index in [-0.39, 0.29) is 61.2 Å². The zero-order valence-corrected chi connectivity index (χ0v) is 42.2. The lowest BCUT2D eigenvalue weighted by molar-refractivity contribution is -0.137. The molecule has 0 radical (unpaired) electrons. The van der Waals surface area contributed by atoms with Crippen LogP contribution in [0.15, 0.2) is 71.9 Å². The number of benzene rings is 1. The predicted molar refractivity (Wildman–Crippen MR) is 274 cm³/mol. The third kappa shape index (κ3) is 15.2.